The van der Waals surface area contributed by atoms with Crippen molar-refractivity contribution in [3.05, 3.63) is 34.2 Å². The van der Waals surface area contributed by atoms with Gasteiger partial charge in [-0.1, -0.05) is 0 Å². The first-order valence-corrected chi connectivity index (χ1v) is 3.67. The molecule has 64 valence electrons. The van der Waals surface area contributed by atoms with Gasteiger partial charge in [0.15, 0.2) is 0 Å². The van der Waals surface area contributed by atoms with Gasteiger partial charge in [-0.2, -0.15) is 0 Å². The van der Waals surface area contributed by atoms with Gasteiger partial charge in [0.05, 0.1) is 0 Å². The molecule has 12 heavy (non-hydrogen) atoms. The number of H-pyrrole nitrogens is 1. The molecule has 1 aromatic heterocycles. The van der Waals surface area contributed by atoms with Gasteiger partial charge in [0.1, 0.15) is 0 Å². The Morgan fingerprint density at radius 1 is 1.58 bits per heavy atom. The molecular formula is C8H10N2O2. The highest BCUT2D eigenvalue weighted by molar-refractivity contribution is 5.45. The third-order valence-corrected chi connectivity index (χ3v) is 1.48. The maximum absolute atomic E-state index is 10.8. The first-order valence-electron chi connectivity index (χ1n) is 3.67. The van der Waals surface area contributed by atoms with E-state index in [2.05, 4.69) is 10.3 Å². The molecule has 0 saturated heterocycles. The molecule has 0 aliphatic rings. The van der Waals surface area contributed by atoms with Crippen LogP contribution in [-0.4, -0.2) is 17.9 Å². The minimum Gasteiger partial charge on any atom is -0.358 e. The maximum Gasteiger partial charge on any atom is 0.248 e. The molecule has 0 radical (unpaired) electrons. The highest BCUT2D eigenvalue weighted by Crippen LogP contribution is 1.92. The summed E-state index contributed by atoms with van der Waals surface area (Å²) in [5.74, 6) is 0. The quantitative estimate of drug-likeness (QED) is 0.475. The lowest BCUT2D eigenvalue weighted by molar-refractivity contribution is -0.109. The first-order chi connectivity index (χ1) is 5.83. The van der Waals surface area contributed by atoms with Crippen molar-refractivity contribution in [2.24, 2.45) is 0 Å². The Morgan fingerprint density at radius 3 is 3.08 bits per heavy atom. The lowest BCUT2D eigenvalue weighted by Crippen LogP contribution is -2.15. The van der Waals surface area contributed by atoms with Crippen LogP contribution in [-0.2, 0) is 11.2 Å². The highest BCUT2D eigenvalue weighted by atomic mass is 16.1. The largest absolute Gasteiger partial charge is 0.358 e. The minimum atomic E-state index is -0.112. The summed E-state index contributed by atoms with van der Waals surface area (Å²) >= 11 is 0. The number of pyridine rings is 1. The van der Waals surface area contributed by atoms with Crippen LogP contribution < -0.4 is 10.9 Å². The SMILES string of the molecule is O=CNCCc1cc[nH]c(=O)c1. The van der Waals surface area contributed by atoms with Gasteiger partial charge >= 0.3 is 0 Å². The van der Waals surface area contributed by atoms with Crippen molar-refractivity contribution in [2.75, 3.05) is 6.54 Å². The van der Waals surface area contributed by atoms with Crippen LogP contribution in [0.1, 0.15) is 5.56 Å². The topological polar surface area (TPSA) is 62.0 Å². The third kappa shape index (κ3) is 2.57. The number of rotatable bonds is 4. The minimum absolute atomic E-state index is 0.112. The lowest BCUT2D eigenvalue weighted by atomic mass is 10.2. The van der Waals surface area contributed by atoms with E-state index >= 15 is 0 Å². The van der Waals surface area contributed by atoms with Gasteiger partial charge in [-0.15, -0.1) is 0 Å². The van der Waals surface area contributed by atoms with Crippen LogP contribution in [0.4, 0.5) is 0 Å². The second-order valence-corrected chi connectivity index (χ2v) is 2.38. The molecule has 0 bridgehead atoms. The highest BCUT2D eigenvalue weighted by Gasteiger charge is 1.91. The number of hydrogen-bond acceptors (Lipinski definition) is 2. The average molecular weight is 166 g/mol. The zero-order chi connectivity index (χ0) is 8.81. The van der Waals surface area contributed by atoms with Gasteiger partial charge in [-0.05, 0) is 18.1 Å². The summed E-state index contributed by atoms with van der Waals surface area (Å²) in [7, 11) is 0. The number of aromatic amines is 1. The predicted molar refractivity (Wildman–Crippen MR) is 44.8 cm³/mol. The fourth-order valence-electron chi connectivity index (χ4n) is 0.920. The Labute approximate surface area is 69.6 Å². The lowest BCUT2D eigenvalue weighted by Gasteiger charge is -1.97. The summed E-state index contributed by atoms with van der Waals surface area (Å²) in [5.41, 5.74) is 0.812. The molecule has 0 unspecified atom stereocenters. The first kappa shape index (κ1) is 8.52. The monoisotopic (exact) mass is 166 g/mol. The zero-order valence-electron chi connectivity index (χ0n) is 6.54. The Kier molecular flexibility index (Phi) is 3.07. The van der Waals surface area contributed by atoms with Crippen molar-refractivity contribution >= 4 is 6.41 Å². The number of hydrogen-bond donors (Lipinski definition) is 2. The molecule has 0 saturated carbocycles. The molecule has 0 spiro atoms. The van der Waals surface area contributed by atoms with E-state index in [1.165, 1.54) is 6.07 Å². The summed E-state index contributed by atoms with van der Waals surface area (Å²) in [6.07, 6.45) is 2.93. The van der Waals surface area contributed by atoms with Crippen LogP contribution >= 0.6 is 0 Å². The molecule has 0 aromatic carbocycles. The van der Waals surface area contributed by atoms with Gasteiger partial charge in [-0.25, -0.2) is 0 Å². The van der Waals surface area contributed by atoms with Crippen molar-refractivity contribution in [3.8, 4) is 0 Å². The molecule has 0 atom stereocenters. The Balaban J connectivity index is 2.52. The van der Waals surface area contributed by atoms with Crippen molar-refractivity contribution in [3.63, 3.8) is 0 Å². The molecule has 1 aromatic rings. The summed E-state index contributed by atoms with van der Waals surface area (Å²) in [4.78, 5) is 23.2. The normalized spacial score (nSPS) is 9.33. The van der Waals surface area contributed by atoms with Gasteiger partial charge in [0, 0.05) is 18.8 Å². The second kappa shape index (κ2) is 4.33. The smallest absolute Gasteiger partial charge is 0.248 e. The molecule has 1 heterocycles. The summed E-state index contributed by atoms with van der Waals surface area (Å²) in [6.45, 7) is 0.562. The van der Waals surface area contributed by atoms with E-state index in [4.69, 9.17) is 0 Å². The summed E-state index contributed by atoms with van der Waals surface area (Å²) < 4.78 is 0. The molecule has 1 rings (SSSR count). The predicted octanol–water partition coefficient (Wildman–Crippen LogP) is -0.337. The van der Waals surface area contributed by atoms with Crippen LogP contribution in [0.2, 0.25) is 0 Å². The number of nitrogens with one attached hydrogen (secondary N) is 2. The Hall–Kier alpha value is -1.58. The second-order valence-electron chi connectivity index (χ2n) is 2.38. The Morgan fingerprint density at radius 2 is 2.42 bits per heavy atom. The van der Waals surface area contributed by atoms with Crippen LogP contribution in [0, 0.1) is 0 Å². The van der Waals surface area contributed by atoms with Gasteiger partial charge < -0.3 is 10.3 Å². The Bertz CT molecular complexity index is 306. The zero-order valence-corrected chi connectivity index (χ0v) is 6.54. The molecule has 0 fully saturated rings. The molecular weight excluding hydrogens is 156 g/mol. The van der Waals surface area contributed by atoms with E-state index in [0.717, 1.165) is 5.56 Å². The van der Waals surface area contributed by atoms with E-state index in [-0.39, 0.29) is 5.56 Å². The molecule has 4 nitrogen and oxygen atoms in total. The van der Waals surface area contributed by atoms with Crippen LogP contribution in [0.25, 0.3) is 0 Å². The number of aromatic nitrogens is 1. The van der Waals surface area contributed by atoms with Crippen molar-refractivity contribution in [2.45, 2.75) is 6.42 Å². The average Bonchev–Trinajstić information content (AvgIpc) is 2.05. The van der Waals surface area contributed by atoms with Crippen molar-refractivity contribution < 1.29 is 4.79 Å². The maximum atomic E-state index is 10.8. The van der Waals surface area contributed by atoms with E-state index in [9.17, 15) is 9.59 Å². The number of carbonyl (C=O) groups excluding carboxylic acids is 1. The van der Waals surface area contributed by atoms with Crippen molar-refractivity contribution in [1.29, 1.82) is 0 Å². The van der Waals surface area contributed by atoms with E-state index in [1.54, 1.807) is 6.20 Å². The standard InChI is InChI=1S/C8H10N2O2/c11-6-9-3-1-7-2-4-10-8(12)5-7/h2,4-6H,1,3H2,(H,9,11)(H,10,12). The van der Waals surface area contributed by atoms with Gasteiger partial charge in [-0.3, -0.25) is 9.59 Å². The molecule has 1 amide bonds. The molecule has 0 aliphatic carbocycles. The number of amides is 1. The molecule has 0 aliphatic heterocycles. The number of carbonyl (C=O) groups is 1. The van der Waals surface area contributed by atoms with Crippen molar-refractivity contribution in [1.82, 2.24) is 10.3 Å². The third-order valence-electron chi connectivity index (χ3n) is 1.48. The van der Waals surface area contributed by atoms with Crippen LogP contribution in [0.15, 0.2) is 23.1 Å². The molecule has 2 N–H and O–H groups in total. The van der Waals surface area contributed by atoms with Gasteiger partial charge in [0.2, 0.25) is 12.0 Å². The van der Waals surface area contributed by atoms with E-state index < -0.39 is 0 Å². The fourth-order valence-corrected chi connectivity index (χ4v) is 0.920. The summed E-state index contributed by atoms with van der Waals surface area (Å²) in [5, 5.41) is 2.52. The summed E-state index contributed by atoms with van der Waals surface area (Å²) in [6, 6.07) is 3.33. The fraction of sp³-hybridized carbons (Fsp3) is 0.250. The van der Waals surface area contributed by atoms with E-state index in [0.29, 0.717) is 19.4 Å². The van der Waals surface area contributed by atoms with Crippen LogP contribution in [0.3, 0.4) is 0 Å². The molecule has 4 heteroatoms. The van der Waals surface area contributed by atoms with Gasteiger partial charge in [0.25, 0.3) is 0 Å². The van der Waals surface area contributed by atoms with E-state index in [1.807, 2.05) is 6.07 Å². The van der Waals surface area contributed by atoms with Crippen LogP contribution in [0.5, 0.6) is 0 Å².